The summed E-state index contributed by atoms with van der Waals surface area (Å²) in [6.07, 6.45) is 24.3. The third-order valence-electron chi connectivity index (χ3n) is 8.05. The van der Waals surface area contributed by atoms with Gasteiger partial charge in [-0.05, 0) is 67.7 Å². The lowest BCUT2D eigenvalue weighted by Crippen LogP contribution is -2.13. The second-order valence-electron chi connectivity index (χ2n) is 11.0. The van der Waals surface area contributed by atoms with Crippen molar-refractivity contribution in [1.29, 1.82) is 0 Å². The quantitative estimate of drug-likeness (QED) is 0.204. The number of pyridine rings is 1. The number of hydrogen-bond donors (Lipinski definition) is 0. The predicted molar refractivity (Wildman–Crippen MR) is 151 cm³/mol. The van der Waals surface area contributed by atoms with E-state index in [1.54, 1.807) is 6.07 Å². The predicted octanol–water partition coefficient (Wildman–Crippen LogP) is 10.7. The summed E-state index contributed by atoms with van der Waals surface area (Å²) in [6, 6.07) is 9.35. The van der Waals surface area contributed by atoms with Crippen molar-refractivity contribution in [2.45, 2.75) is 129 Å². The van der Waals surface area contributed by atoms with E-state index < -0.39 is 0 Å². The Labute approximate surface area is 220 Å². The summed E-state index contributed by atoms with van der Waals surface area (Å²) in [5.74, 6) is 1.87. The molecule has 1 heterocycles. The summed E-state index contributed by atoms with van der Waals surface area (Å²) >= 11 is 0. The molecule has 0 bridgehead atoms. The maximum Gasteiger partial charge on any atom is 0.136 e. The standard InChI is InChI=1S/C33H50FNO/c1-3-5-7-9-11-13-15-27-16-18-28(19-17-27)29-20-23-33(35-26-29)31-22-21-30(25-32(31)34)36-24-14-12-10-8-6-4-2/h20-23,25-28H,3-19,24H2,1-2H3. The Bertz CT molecular complexity index is 841. The van der Waals surface area contributed by atoms with Gasteiger partial charge in [0.2, 0.25) is 0 Å². The molecule has 36 heavy (non-hydrogen) atoms. The summed E-state index contributed by atoms with van der Waals surface area (Å²) in [7, 11) is 0. The van der Waals surface area contributed by atoms with Gasteiger partial charge in [0, 0.05) is 17.8 Å². The maximum absolute atomic E-state index is 14.8. The lowest BCUT2D eigenvalue weighted by molar-refractivity contribution is 0.301. The van der Waals surface area contributed by atoms with Crippen LogP contribution in [0.15, 0.2) is 36.5 Å². The minimum Gasteiger partial charge on any atom is -0.493 e. The number of unbranched alkanes of at least 4 members (excludes halogenated alkanes) is 10. The zero-order chi connectivity index (χ0) is 25.4. The molecule has 0 N–H and O–H groups in total. The normalized spacial score (nSPS) is 17.9. The molecular weight excluding hydrogens is 445 g/mol. The summed E-state index contributed by atoms with van der Waals surface area (Å²) in [5.41, 5.74) is 2.57. The van der Waals surface area contributed by atoms with E-state index in [9.17, 15) is 4.39 Å². The highest BCUT2D eigenvalue weighted by Crippen LogP contribution is 2.38. The summed E-state index contributed by atoms with van der Waals surface area (Å²) in [6.45, 7) is 5.16. The van der Waals surface area contributed by atoms with Crippen molar-refractivity contribution < 1.29 is 9.13 Å². The van der Waals surface area contributed by atoms with Gasteiger partial charge >= 0.3 is 0 Å². The number of benzene rings is 1. The largest absolute Gasteiger partial charge is 0.493 e. The van der Waals surface area contributed by atoms with Gasteiger partial charge < -0.3 is 4.74 Å². The van der Waals surface area contributed by atoms with Gasteiger partial charge in [-0.15, -0.1) is 0 Å². The molecule has 0 atom stereocenters. The van der Waals surface area contributed by atoms with Gasteiger partial charge in [-0.2, -0.15) is 0 Å². The molecule has 0 saturated heterocycles. The van der Waals surface area contributed by atoms with Crippen molar-refractivity contribution >= 4 is 0 Å². The van der Waals surface area contributed by atoms with E-state index in [2.05, 4.69) is 24.9 Å². The molecule has 2 nitrogen and oxygen atoms in total. The molecule has 1 fully saturated rings. The molecule has 1 aromatic heterocycles. The summed E-state index contributed by atoms with van der Waals surface area (Å²) in [4.78, 5) is 4.65. The zero-order valence-corrected chi connectivity index (χ0v) is 23.1. The first-order valence-electron chi connectivity index (χ1n) is 15.1. The van der Waals surface area contributed by atoms with E-state index in [1.165, 1.54) is 114 Å². The van der Waals surface area contributed by atoms with E-state index in [0.717, 1.165) is 12.3 Å². The first-order valence-corrected chi connectivity index (χ1v) is 15.1. The van der Waals surface area contributed by atoms with Crippen LogP contribution in [0.5, 0.6) is 5.75 Å². The molecule has 1 saturated carbocycles. The van der Waals surface area contributed by atoms with Crippen LogP contribution < -0.4 is 4.74 Å². The smallest absolute Gasteiger partial charge is 0.136 e. The van der Waals surface area contributed by atoms with E-state index in [1.807, 2.05) is 18.3 Å². The van der Waals surface area contributed by atoms with Gasteiger partial charge in [0.15, 0.2) is 0 Å². The number of halogens is 1. The highest BCUT2D eigenvalue weighted by molar-refractivity contribution is 5.61. The van der Waals surface area contributed by atoms with E-state index in [4.69, 9.17) is 4.74 Å². The molecule has 1 aliphatic carbocycles. The van der Waals surface area contributed by atoms with Gasteiger partial charge in [0.1, 0.15) is 11.6 Å². The highest BCUT2D eigenvalue weighted by Gasteiger charge is 2.22. The molecule has 3 rings (SSSR count). The molecule has 0 aliphatic heterocycles. The minimum absolute atomic E-state index is 0.258. The van der Waals surface area contributed by atoms with Crippen LogP contribution in [0, 0.1) is 11.7 Å². The fourth-order valence-corrected chi connectivity index (χ4v) is 5.67. The number of aromatic nitrogens is 1. The van der Waals surface area contributed by atoms with Crippen LogP contribution in [0.3, 0.4) is 0 Å². The minimum atomic E-state index is -0.258. The van der Waals surface area contributed by atoms with Gasteiger partial charge in [-0.25, -0.2) is 4.39 Å². The number of hydrogen-bond acceptors (Lipinski definition) is 2. The molecule has 3 heteroatoms. The van der Waals surface area contributed by atoms with Gasteiger partial charge in [0.25, 0.3) is 0 Å². The second kappa shape index (κ2) is 16.8. The van der Waals surface area contributed by atoms with Crippen LogP contribution in [-0.2, 0) is 0 Å². The molecule has 0 amide bonds. The van der Waals surface area contributed by atoms with E-state index >= 15 is 0 Å². The summed E-state index contributed by atoms with van der Waals surface area (Å²) < 4.78 is 20.6. The van der Waals surface area contributed by atoms with Crippen molar-refractivity contribution in [2.24, 2.45) is 5.92 Å². The van der Waals surface area contributed by atoms with E-state index in [-0.39, 0.29) is 5.82 Å². The lowest BCUT2D eigenvalue weighted by Gasteiger charge is -2.28. The van der Waals surface area contributed by atoms with Crippen LogP contribution in [0.25, 0.3) is 11.3 Å². The molecule has 200 valence electrons. The Balaban J connectivity index is 1.40. The lowest BCUT2D eigenvalue weighted by atomic mass is 9.77. The third-order valence-corrected chi connectivity index (χ3v) is 8.05. The van der Waals surface area contributed by atoms with Gasteiger partial charge in [-0.3, -0.25) is 4.98 Å². The Morgan fingerprint density at radius 2 is 1.44 bits per heavy atom. The molecule has 2 aromatic rings. The van der Waals surface area contributed by atoms with Gasteiger partial charge in [-0.1, -0.05) is 97.0 Å². The molecular formula is C33H50FNO. The van der Waals surface area contributed by atoms with Crippen LogP contribution in [-0.4, -0.2) is 11.6 Å². The second-order valence-corrected chi connectivity index (χ2v) is 11.0. The number of ether oxygens (including phenoxy) is 1. The Hall–Kier alpha value is -1.90. The van der Waals surface area contributed by atoms with Crippen molar-refractivity contribution in [3.63, 3.8) is 0 Å². The number of rotatable bonds is 17. The van der Waals surface area contributed by atoms with Crippen LogP contribution in [0.1, 0.15) is 134 Å². The van der Waals surface area contributed by atoms with Gasteiger partial charge in [0.05, 0.1) is 12.3 Å². The third kappa shape index (κ3) is 9.87. The van der Waals surface area contributed by atoms with Crippen molar-refractivity contribution in [1.82, 2.24) is 4.98 Å². The molecule has 0 unspecified atom stereocenters. The van der Waals surface area contributed by atoms with Crippen molar-refractivity contribution in [2.75, 3.05) is 6.61 Å². The highest BCUT2D eigenvalue weighted by atomic mass is 19.1. The molecule has 0 spiro atoms. The average molecular weight is 496 g/mol. The first-order chi connectivity index (χ1) is 17.7. The van der Waals surface area contributed by atoms with E-state index in [0.29, 0.717) is 29.5 Å². The Morgan fingerprint density at radius 1 is 0.778 bits per heavy atom. The van der Waals surface area contributed by atoms with Crippen molar-refractivity contribution in [3.05, 3.63) is 47.9 Å². The summed E-state index contributed by atoms with van der Waals surface area (Å²) in [5, 5.41) is 0. The monoisotopic (exact) mass is 495 g/mol. The van der Waals surface area contributed by atoms with Crippen LogP contribution in [0.4, 0.5) is 4.39 Å². The molecule has 1 aromatic carbocycles. The zero-order valence-electron chi connectivity index (χ0n) is 23.1. The topological polar surface area (TPSA) is 22.1 Å². The average Bonchev–Trinajstić information content (AvgIpc) is 2.91. The Morgan fingerprint density at radius 3 is 2.08 bits per heavy atom. The van der Waals surface area contributed by atoms with Crippen molar-refractivity contribution in [3.8, 4) is 17.0 Å². The molecule has 1 aliphatic rings. The first kappa shape index (κ1) is 28.7. The SMILES string of the molecule is CCCCCCCCOc1ccc(-c2ccc(C3CCC(CCCCCCCC)CC3)cn2)c(F)c1. The maximum atomic E-state index is 14.8. The van der Waals surface area contributed by atoms with Crippen LogP contribution >= 0.6 is 0 Å². The molecule has 0 radical (unpaired) electrons. The fraction of sp³-hybridized carbons (Fsp3) is 0.667. The number of nitrogens with zero attached hydrogens (tertiary/aromatic N) is 1. The van der Waals surface area contributed by atoms with Crippen LogP contribution in [0.2, 0.25) is 0 Å². The Kier molecular flexibility index (Phi) is 13.4. The fourth-order valence-electron chi connectivity index (χ4n) is 5.67.